The van der Waals surface area contributed by atoms with Crippen LogP contribution in [0.3, 0.4) is 0 Å². The number of nitrogens with zero attached hydrogens (tertiary/aromatic N) is 2. The van der Waals surface area contributed by atoms with Gasteiger partial charge in [0.25, 0.3) is 0 Å². The number of rotatable bonds is 7. The van der Waals surface area contributed by atoms with E-state index >= 15 is 0 Å². The molecule has 0 atom stereocenters. The van der Waals surface area contributed by atoms with Crippen LogP contribution in [0.15, 0.2) is 52.9 Å². The highest BCUT2D eigenvalue weighted by Gasteiger charge is 2.09. The van der Waals surface area contributed by atoms with Crippen LogP contribution in [0.2, 0.25) is 0 Å². The van der Waals surface area contributed by atoms with Crippen molar-refractivity contribution in [1.82, 2.24) is 4.98 Å². The Morgan fingerprint density at radius 1 is 0.962 bits per heavy atom. The molecule has 2 aromatic carbocycles. The van der Waals surface area contributed by atoms with Crippen LogP contribution in [0, 0.1) is 0 Å². The summed E-state index contributed by atoms with van der Waals surface area (Å²) in [6.07, 6.45) is 1.73. The van der Waals surface area contributed by atoms with Gasteiger partial charge in [0.2, 0.25) is 5.13 Å². The number of hydrazone groups is 1. The zero-order chi connectivity index (χ0) is 18.4. The summed E-state index contributed by atoms with van der Waals surface area (Å²) in [5.74, 6) is 2.17. The molecule has 3 aromatic rings. The molecule has 7 heteroatoms. The monoisotopic (exact) mass is 369 g/mol. The smallest absolute Gasteiger partial charge is 0.203 e. The number of hydrogen-bond donors (Lipinski definition) is 1. The van der Waals surface area contributed by atoms with Crippen molar-refractivity contribution < 1.29 is 14.2 Å². The van der Waals surface area contributed by atoms with Crippen LogP contribution in [0.5, 0.6) is 17.2 Å². The molecule has 0 radical (unpaired) electrons. The van der Waals surface area contributed by atoms with Crippen LogP contribution in [0.4, 0.5) is 5.13 Å². The molecule has 0 aliphatic rings. The summed E-state index contributed by atoms with van der Waals surface area (Å²) in [4.78, 5) is 4.55. The van der Waals surface area contributed by atoms with Gasteiger partial charge in [-0.1, -0.05) is 0 Å². The van der Waals surface area contributed by atoms with E-state index in [1.165, 1.54) is 11.3 Å². The number of hydrogen-bond acceptors (Lipinski definition) is 7. The largest absolute Gasteiger partial charge is 0.497 e. The minimum Gasteiger partial charge on any atom is -0.497 e. The van der Waals surface area contributed by atoms with Gasteiger partial charge in [-0.25, -0.2) is 4.98 Å². The predicted molar refractivity (Wildman–Crippen MR) is 105 cm³/mol. The van der Waals surface area contributed by atoms with E-state index in [4.69, 9.17) is 14.2 Å². The van der Waals surface area contributed by atoms with Crippen LogP contribution >= 0.6 is 11.3 Å². The average molecular weight is 369 g/mol. The van der Waals surface area contributed by atoms with E-state index in [0.29, 0.717) is 16.6 Å². The van der Waals surface area contributed by atoms with Gasteiger partial charge in [-0.2, -0.15) is 5.10 Å². The van der Waals surface area contributed by atoms with Crippen molar-refractivity contribution in [2.75, 3.05) is 26.8 Å². The molecular formula is C19H19N3O3S. The molecule has 1 heterocycles. The van der Waals surface area contributed by atoms with Crippen LogP contribution < -0.4 is 19.6 Å². The highest BCUT2D eigenvalue weighted by atomic mass is 32.1. The molecule has 1 N–H and O–H groups in total. The van der Waals surface area contributed by atoms with Gasteiger partial charge in [0.1, 0.15) is 5.75 Å². The summed E-state index contributed by atoms with van der Waals surface area (Å²) in [5.41, 5.74) is 5.72. The zero-order valence-corrected chi connectivity index (χ0v) is 15.5. The Bertz CT molecular complexity index is 891. The minimum atomic E-state index is 0.671. The molecular weight excluding hydrogens is 350 g/mol. The molecule has 3 rings (SSSR count). The molecule has 26 heavy (non-hydrogen) atoms. The number of benzene rings is 2. The van der Waals surface area contributed by atoms with Gasteiger partial charge in [0, 0.05) is 10.9 Å². The number of methoxy groups -OCH3 is 3. The van der Waals surface area contributed by atoms with Crippen molar-refractivity contribution in [3.8, 4) is 28.5 Å². The standard InChI is InChI=1S/C19H19N3O3S/c1-23-15-7-4-13(5-8-15)11-20-22-19-21-16(12-26-19)14-6-9-17(24-2)18(10-14)25-3/h4-12H,1-3H3,(H,21,22)/b20-11-. The van der Waals surface area contributed by atoms with Crippen molar-refractivity contribution in [1.29, 1.82) is 0 Å². The number of nitrogens with one attached hydrogen (secondary N) is 1. The first kappa shape index (κ1) is 17.8. The summed E-state index contributed by atoms with van der Waals surface area (Å²) < 4.78 is 15.7. The Balaban J connectivity index is 1.68. The van der Waals surface area contributed by atoms with E-state index in [0.717, 1.165) is 22.6 Å². The summed E-state index contributed by atoms with van der Waals surface area (Å²) in [7, 11) is 4.87. The van der Waals surface area contributed by atoms with E-state index in [-0.39, 0.29) is 0 Å². The summed E-state index contributed by atoms with van der Waals surface area (Å²) in [6.45, 7) is 0. The predicted octanol–water partition coefficient (Wildman–Crippen LogP) is 4.28. The van der Waals surface area contributed by atoms with Gasteiger partial charge < -0.3 is 14.2 Å². The maximum Gasteiger partial charge on any atom is 0.203 e. The molecule has 134 valence electrons. The Morgan fingerprint density at radius 3 is 2.42 bits per heavy atom. The third-order valence-corrected chi connectivity index (χ3v) is 4.42. The molecule has 0 saturated carbocycles. The molecule has 0 amide bonds. The van der Waals surface area contributed by atoms with Crippen LogP contribution in [-0.4, -0.2) is 32.5 Å². The van der Waals surface area contributed by atoms with Gasteiger partial charge in [-0.3, -0.25) is 5.43 Å². The summed E-state index contributed by atoms with van der Waals surface area (Å²) in [6, 6.07) is 13.4. The Hall–Kier alpha value is -3.06. The fourth-order valence-electron chi connectivity index (χ4n) is 2.31. The molecule has 0 aliphatic heterocycles. The average Bonchev–Trinajstić information content (AvgIpc) is 3.17. The lowest BCUT2D eigenvalue weighted by atomic mass is 10.1. The lowest BCUT2D eigenvalue weighted by Gasteiger charge is -2.08. The summed E-state index contributed by atoms with van der Waals surface area (Å²) >= 11 is 1.48. The fraction of sp³-hybridized carbons (Fsp3) is 0.158. The number of anilines is 1. The molecule has 0 bridgehead atoms. The van der Waals surface area contributed by atoms with E-state index in [2.05, 4.69) is 15.5 Å². The lowest BCUT2D eigenvalue weighted by molar-refractivity contribution is 0.355. The molecule has 0 fully saturated rings. The molecule has 1 aromatic heterocycles. The first-order chi connectivity index (χ1) is 12.7. The van der Waals surface area contributed by atoms with Crippen molar-refractivity contribution in [2.45, 2.75) is 0 Å². The third kappa shape index (κ3) is 4.12. The first-order valence-electron chi connectivity index (χ1n) is 7.84. The maximum atomic E-state index is 5.34. The lowest BCUT2D eigenvalue weighted by Crippen LogP contribution is -1.92. The second-order valence-electron chi connectivity index (χ2n) is 5.25. The van der Waals surface area contributed by atoms with Gasteiger partial charge >= 0.3 is 0 Å². The number of ether oxygens (including phenoxy) is 3. The second kappa shape index (κ2) is 8.35. The highest BCUT2D eigenvalue weighted by Crippen LogP contribution is 2.33. The van der Waals surface area contributed by atoms with Gasteiger partial charge in [0.05, 0.1) is 33.2 Å². The topological polar surface area (TPSA) is 65.0 Å². The van der Waals surface area contributed by atoms with E-state index < -0.39 is 0 Å². The van der Waals surface area contributed by atoms with Gasteiger partial charge in [-0.15, -0.1) is 11.3 Å². The molecule has 0 spiro atoms. The Labute approximate surface area is 156 Å². The SMILES string of the molecule is COc1ccc(/C=N\Nc2nc(-c3ccc(OC)c(OC)c3)cs2)cc1. The van der Waals surface area contributed by atoms with E-state index in [1.54, 1.807) is 27.5 Å². The van der Waals surface area contributed by atoms with E-state index in [1.807, 2.05) is 47.8 Å². The van der Waals surface area contributed by atoms with Crippen LogP contribution in [0.1, 0.15) is 5.56 Å². The summed E-state index contributed by atoms with van der Waals surface area (Å²) in [5, 5.41) is 6.90. The normalized spacial score (nSPS) is 10.7. The first-order valence-corrected chi connectivity index (χ1v) is 8.72. The highest BCUT2D eigenvalue weighted by molar-refractivity contribution is 7.14. The quantitative estimate of drug-likeness (QED) is 0.497. The van der Waals surface area contributed by atoms with Gasteiger partial charge in [0.15, 0.2) is 11.5 Å². The van der Waals surface area contributed by atoms with Crippen LogP contribution in [-0.2, 0) is 0 Å². The molecule has 0 aliphatic carbocycles. The number of thiazole rings is 1. The van der Waals surface area contributed by atoms with Crippen LogP contribution in [0.25, 0.3) is 11.3 Å². The zero-order valence-electron chi connectivity index (χ0n) is 14.7. The maximum absolute atomic E-state index is 5.34. The second-order valence-corrected chi connectivity index (χ2v) is 6.11. The van der Waals surface area contributed by atoms with E-state index in [9.17, 15) is 0 Å². The van der Waals surface area contributed by atoms with Crippen molar-refractivity contribution in [2.24, 2.45) is 5.10 Å². The Morgan fingerprint density at radius 2 is 1.73 bits per heavy atom. The number of aromatic nitrogens is 1. The van der Waals surface area contributed by atoms with Crippen molar-refractivity contribution in [3.05, 3.63) is 53.4 Å². The van der Waals surface area contributed by atoms with Crippen molar-refractivity contribution >= 4 is 22.7 Å². The fourth-order valence-corrected chi connectivity index (χ4v) is 2.97. The molecule has 6 nitrogen and oxygen atoms in total. The molecule has 0 unspecified atom stereocenters. The van der Waals surface area contributed by atoms with Gasteiger partial charge in [-0.05, 0) is 48.0 Å². The minimum absolute atomic E-state index is 0.671. The molecule has 0 saturated heterocycles. The van der Waals surface area contributed by atoms with Crippen molar-refractivity contribution in [3.63, 3.8) is 0 Å². The third-order valence-electron chi connectivity index (χ3n) is 3.67. The Kier molecular flexibility index (Phi) is 5.70.